The summed E-state index contributed by atoms with van der Waals surface area (Å²) in [6.45, 7) is 0. The molecule has 0 aliphatic heterocycles. The highest BCUT2D eigenvalue weighted by Gasteiger charge is 2.15. The number of aromatic nitrogens is 2. The summed E-state index contributed by atoms with van der Waals surface area (Å²) >= 11 is 0. The predicted molar refractivity (Wildman–Crippen MR) is 68.9 cm³/mol. The minimum atomic E-state index is -3.99. The van der Waals surface area contributed by atoms with Crippen LogP contribution in [0.15, 0.2) is 35.6 Å². The second-order valence-corrected chi connectivity index (χ2v) is 5.59. The number of aryl methyl sites for hydroxylation is 1. The van der Waals surface area contributed by atoms with Gasteiger partial charge < -0.3 is 9.88 Å². The smallest absolute Gasteiger partial charge is 0.274 e. The zero-order chi connectivity index (χ0) is 14.9. The van der Waals surface area contributed by atoms with Crippen LogP contribution in [0.1, 0.15) is 10.5 Å². The van der Waals surface area contributed by atoms with Crippen molar-refractivity contribution >= 4 is 21.6 Å². The quantitative estimate of drug-likeness (QED) is 0.858. The van der Waals surface area contributed by atoms with Gasteiger partial charge in [0.1, 0.15) is 11.5 Å². The summed E-state index contributed by atoms with van der Waals surface area (Å²) < 4.78 is 37.3. The van der Waals surface area contributed by atoms with Crippen molar-refractivity contribution < 1.29 is 17.6 Å². The zero-order valence-electron chi connectivity index (χ0n) is 10.4. The summed E-state index contributed by atoms with van der Waals surface area (Å²) in [5, 5.41) is 7.20. The maximum atomic E-state index is 13.7. The average molecular weight is 298 g/mol. The van der Waals surface area contributed by atoms with Crippen molar-refractivity contribution in [2.24, 2.45) is 12.2 Å². The maximum absolute atomic E-state index is 13.7. The first-order chi connectivity index (χ1) is 9.29. The van der Waals surface area contributed by atoms with Crippen LogP contribution < -0.4 is 10.5 Å². The van der Waals surface area contributed by atoms with Gasteiger partial charge in [0.05, 0.1) is 23.1 Å². The monoisotopic (exact) mass is 298 g/mol. The SMILES string of the molecule is Cn1cncc1C(=O)Nc1ccc(S(N)(=O)=O)cc1F. The normalized spacial score (nSPS) is 11.3. The van der Waals surface area contributed by atoms with E-state index in [-0.39, 0.29) is 16.3 Å². The number of primary sulfonamides is 1. The number of amides is 1. The number of rotatable bonds is 3. The first-order valence-electron chi connectivity index (χ1n) is 5.39. The maximum Gasteiger partial charge on any atom is 0.274 e. The first-order valence-corrected chi connectivity index (χ1v) is 6.93. The number of benzene rings is 1. The van der Waals surface area contributed by atoms with E-state index in [1.807, 2.05) is 0 Å². The number of hydrogen-bond donors (Lipinski definition) is 2. The molecule has 3 N–H and O–H groups in total. The van der Waals surface area contributed by atoms with Gasteiger partial charge in [0, 0.05) is 7.05 Å². The summed E-state index contributed by atoms with van der Waals surface area (Å²) in [7, 11) is -2.37. The Hall–Kier alpha value is -2.26. The molecule has 0 atom stereocenters. The molecule has 0 bridgehead atoms. The van der Waals surface area contributed by atoms with Gasteiger partial charge in [0.25, 0.3) is 5.91 Å². The van der Waals surface area contributed by atoms with Crippen molar-refractivity contribution in [3.05, 3.63) is 42.2 Å². The summed E-state index contributed by atoms with van der Waals surface area (Å²) in [5.74, 6) is -1.46. The Morgan fingerprint density at radius 2 is 2.15 bits per heavy atom. The largest absolute Gasteiger partial charge is 0.330 e. The van der Waals surface area contributed by atoms with Crippen LogP contribution in [0.2, 0.25) is 0 Å². The molecule has 1 heterocycles. The average Bonchev–Trinajstić information content (AvgIpc) is 2.76. The number of carbonyl (C=O) groups excluding carboxylic acids is 1. The minimum Gasteiger partial charge on any atom is -0.330 e. The summed E-state index contributed by atoms with van der Waals surface area (Å²) in [4.78, 5) is 15.2. The van der Waals surface area contributed by atoms with Crippen LogP contribution in [0.25, 0.3) is 0 Å². The highest BCUT2D eigenvalue weighted by molar-refractivity contribution is 7.89. The van der Waals surface area contributed by atoms with Crippen LogP contribution in [-0.4, -0.2) is 23.9 Å². The van der Waals surface area contributed by atoms with E-state index in [0.29, 0.717) is 0 Å². The lowest BCUT2D eigenvalue weighted by atomic mass is 10.3. The number of imidazole rings is 1. The van der Waals surface area contributed by atoms with Crippen LogP contribution in [0.3, 0.4) is 0 Å². The molecule has 0 fully saturated rings. The van der Waals surface area contributed by atoms with Crippen molar-refractivity contribution in [1.82, 2.24) is 9.55 Å². The van der Waals surface area contributed by atoms with Gasteiger partial charge in [0.15, 0.2) is 0 Å². The number of sulfonamides is 1. The molecular weight excluding hydrogens is 287 g/mol. The molecule has 0 aliphatic carbocycles. The second kappa shape index (κ2) is 5.02. The number of nitrogens with two attached hydrogens (primary N) is 1. The number of nitrogens with zero attached hydrogens (tertiary/aromatic N) is 2. The van der Waals surface area contributed by atoms with Crippen LogP contribution in [0.4, 0.5) is 10.1 Å². The summed E-state index contributed by atoms with van der Waals surface area (Å²) in [6.07, 6.45) is 2.75. The van der Waals surface area contributed by atoms with Crippen molar-refractivity contribution in [2.75, 3.05) is 5.32 Å². The molecule has 9 heteroatoms. The van der Waals surface area contributed by atoms with Crippen molar-refractivity contribution in [2.45, 2.75) is 4.90 Å². The molecule has 0 radical (unpaired) electrons. The van der Waals surface area contributed by atoms with E-state index in [1.165, 1.54) is 17.1 Å². The molecule has 20 heavy (non-hydrogen) atoms. The molecule has 106 valence electrons. The van der Waals surface area contributed by atoms with E-state index in [9.17, 15) is 17.6 Å². The lowest BCUT2D eigenvalue weighted by Gasteiger charge is -2.07. The van der Waals surface area contributed by atoms with Crippen LogP contribution in [0, 0.1) is 5.82 Å². The van der Waals surface area contributed by atoms with Gasteiger partial charge >= 0.3 is 0 Å². The highest BCUT2D eigenvalue weighted by Crippen LogP contribution is 2.18. The molecule has 2 rings (SSSR count). The Morgan fingerprint density at radius 3 is 2.65 bits per heavy atom. The minimum absolute atomic E-state index is 0.149. The van der Waals surface area contributed by atoms with Gasteiger partial charge in [0.2, 0.25) is 10.0 Å². The van der Waals surface area contributed by atoms with Crippen molar-refractivity contribution in [1.29, 1.82) is 0 Å². The van der Waals surface area contributed by atoms with Crippen LogP contribution in [-0.2, 0) is 17.1 Å². The molecular formula is C11H11FN4O3S. The van der Waals surface area contributed by atoms with Crippen LogP contribution >= 0.6 is 0 Å². The van der Waals surface area contributed by atoms with Crippen molar-refractivity contribution in [3.8, 4) is 0 Å². The third-order valence-electron chi connectivity index (χ3n) is 2.57. The van der Waals surface area contributed by atoms with Gasteiger partial charge in [-0.25, -0.2) is 22.9 Å². The molecule has 1 aromatic heterocycles. The molecule has 1 amide bonds. The van der Waals surface area contributed by atoms with E-state index < -0.39 is 21.7 Å². The second-order valence-electron chi connectivity index (χ2n) is 4.03. The van der Waals surface area contributed by atoms with E-state index in [4.69, 9.17) is 5.14 Å². The summed E-state index contributed by atoms with van der Waals surface area (Å²) in [6, 6.07) is 2.98. The van der Waals surface area contributed by atoms with Gasteiger partial charge in [-0.05, 0) is 18.2 Å². The molecule has 0 unspecified atom stereocenters. The van der Waals surface area contributed by atoms with E-state index in [0.717, 1.165) is 18.2 Å². The standard InChI is InChI=1S/C11H11FN4O3S/c1-16-6-14-5-10(16)11(17)15-9-3-2-7(4-8(9)12)20(13,18)19/h2-6H,1H3,(H,15,17)(H2,13,18,19). The molecule has 0 saturated heterocycles. The lowest BCUT2D eigenvalue weighted by molar-refractivity contribution is 0.101. The third-order valence-corrected chi connectivity index (χ3v) is 3.48. The van der Waals surface area contributed by atoms with E-state index in [2.05, 4.69) is 10.3 Å². The Morgan fingerprint density at radius 1 is 1.45 bits per heavy atom. The lowest BCUT2D eigenvalue weighted by Crippen LogP contribution is -2.17. The number of hydrogen-bond acceptors (Lipinski definition) is 4. The first kappa shape index (κ1) is 14.2. The number of nitrogens with one attached hydrogen (secondary N) is 1. The third kappa shape index (κ3) is 2.83. The zero-order valence-corrected chi connectivity index (χ0v) is 11.2. The molecule has 1 aromatic carbocycles. The number of carbonyl (C=O) groups is 1. The van der Waals surface area contributed by atoms with Crippen molar-refractivity contribution in [3.63, 3.8) is 0 Å². The number of anilines is 1. The molecule has 0 aliphatic rings. The molecule has 2 aromatic rings. The predicted octanol–water partition coefficient (Wildman–Crippen LogP) is 0.459. The van der Waals surface area contributed by atoms with Crippen LogP contribution in [0.5, 0.6) is 0 Å². The van der Waals surface area contributed by atoms with E-state index >= 15 is 0 Å². The Balaban J connectivity index is 2.27. The van der Waals surface area contributed by atoms with Gasteiger partial charge in [-0.3, -0.25) is 4.79 Å². The molecule has 0 spiro atoms. The highest BCUT2D eigenvalue weighted by atomic mass is 32.2. The Kier molecular flexibility index (Phi) is 3.55. The fourth-order valence-corrected chi connectivity index (χ4v) is 2.06. The molecule has 7 nitrogen and oxygen atoms in total. The van der Waals surface area contributed by atoms with E-state index in [1.54, 1.807) is 7.05 Å². The topological polar surface area (TPSA) is 107 Å². The fraction of sp³-hybridized carbons (Fsp3) is 0.0909. The Bertz CT molecular complexity index is 770. The van der Waals surface area contributed by atoms with Gasteiger partial charge in [-0.15, -0.1) is 0 Å². The molecule has 0 saturated carbocycles. The summed E-state index contributed by atoms with van der Waals surface area (Å²) in [5.41, 5.74) is 0.0866. The fourth-order valence-electron chi connectivity index (χ4n) is 1.54. The van der Waals surface area contributed by atoms with Gasteiger partial charge in [-0.1, -0.05) is 0 Å². The Labute approximate surface area is 114 Å². The van der Waals surface area contributed by atoms with Gasteiger partial charge in [-0.2, -0.15) is 0 Å². The number of halogens is 1.